The number of fused-ring (bicyclic) bond motifs is 4. The summed E-state index contributed by atoms with van der Waals surface area (Å²) in [6.45, 7) is 4.43. The van der Waals surface area contributed by atoms with Gasteiger partial charge in [-0.2, -0.15) is 0 Å². The first-order chi connectivity index (χ1) is 18.9. The van der Waals surface area contributed by atoms with Crippen LogP contribution >= 0.6 is 0 Å². The average Bonchev–Trinajstić information content (AvgIpc) is 3.33. The Kier molecular flexibility index (Phi) is 7.55. The molecule has 1 unspecified atom stereocenters. The Morgan fingerprint density at radius 1 is 0.897 bits per heavy atom. The van der Waals surface area contributed by atoms with E-state index in [-0.39, 0.29) is 18.1 Å². The zero-order chi connectivity index (χ0) is 27.5. The van der Waals surface area contributed by atoms with Gasteiger partial charge in [-0.25, -0.2) is 9.59 Å². The predicted octanol–water partition coefficient (Wildman–Crippen LogP) is 6.54. The lowest BCUT2D eigenvalue weighted by Gasteiger charge is -2.14. The number of benzene rings is 3. The molecule has 0 aliphatic heterocycles. The van der Waals surface area contributed by atoms with Crippen LogP contribution in [0.4, 0.5) is 0 Å². The number of carbonyl (C=O) groups is 3. The Hall–Kier alpha value is -4.32. The fourth-order valence-corrected chi connectivity index (χ4v) is 5.14. The highest BCUT2D eigenvalue weighted by atomic mass is 16.5. The van der Waals surface area contributed by atoms with Gasteiger partial charge in [-0.1, -0.05) is 75.6 Å². The largest absolute Gasteiger partial charge is 0.459 e. The van der Waals surface area contributed by atoms with Gasteiger partial charge in [0.2, 0.25) is 0 Å². The number of Topliss-reactive ketones (excluding diaryl/α,β-unsaturated/α-hetero) is 1. The maximum absolute atomic E-state index is 13.2. The summed E-state index contributed by atoms with van der Waals surface area (Å²) in [6.07, 6.45) is 4.52. The lowest BCUT2D eigenvalue weighted by molar-refractivity contribution is -0.139. The van der Waals surface area contributed by atoms with E-state index in [4.69, 9.17) is 9.15 Å². The quantitative estimate of drug-likeness (QED) is 0.0896. The molecule has 6 nitrogen and oxygen atoms in total. The minimum absolute atomic E-state index is 0.0180. The number of esters is 1. The highest BCUT2D eigenvalue weighted by Crippen LogP contribution is 2.38. The van der Waals surface area contributed by atoms with Crippen LogP contribution in [-0.4, -0.2) is 24.1 Å². The number of hydrogen-bond donors (Lipinski definition) is 0. The van der Waals surface area contributed by atoms with Crippen molar-refractivity contribution < 1.29 is 23.5 Å². The smallest absolute Gasteiger partial charge is 0.379 e. The van der Waals surface area contributed by atoms with E-state index in [0.29, 0.717) is 28.5 Å². The van der Waals surface area contributed by atoms with Gasteiger partial charge in [0.05, 0.1) is 6.61 Å². The van der Waals surface area contributed by atoms with Crippen LogP contribution in [0.5, 0.6) is 0 Å². The second-order valence-corrected chi connectivity index (χ2v) is 10.1. The summed E-state index contributed by atoms with van der Waals surface area (Å²) < 4.78 is 10.7. The van der Waals surface area contributed by atoms with Crippen LogP contribution in [-0.2, 0) is 16.0 Å². The summed E-state index contributed by atoms with van der Waals surface area (Å²) in [4.78, 5) is 51.0. The third-order valence-corrected chi connectivity index (χ3v) is 7.47. The fraction of sp³-hybridized carbons (Fsp3) is 0.273. The maximum atomic E-state index is 13.2. The molecule has 1 aliphatic carbocycles. The van der Waals surface area contributed by atoms with E-state index in [9.17, 15) is 19.2 Å². The van der Waals surface area contributed by atoms with Crippen LogP contribution in [0.3, 0.4) is 0 Å². The van der Waals surface area contributed by atoms with E-state index in [0.717, 1.165) is 47.9 Å². The van der Waals surface area contributed by atoms with E-state index >= 15 is 0 Å². The third-order valence-electron chi connectivity index (χ3n) is 7.47. The highest BCUT2D eigenvalue weighted by molar-refractivity contribution is 6.40. The van der Waals surface area contributed by atoms with E-state index in [2.05, 4.69) is 13.8 Å². The van der Waals surface area contributed by atoms with Gasteiger partial charge in [-0.3, -0.25) is 9.59 Å². The number of ketones is 2. The molecule has 0 radical (unpaired) electrons. The Labute approximate surface area is 226 Å². The number of hydrogen-bond acceptors (Lipinski definition) is 6. The van der Waals surface area contributed by atoms with E-state index in [1.165, 1.54) is 0 Å². The third kappa shape index (κ3) is 5.32. The molecule has 1 aliphatic rings. The van der Waals surface area contributed by atoms with E-state index < -0.39 is 23.2 Å². The van der Waals surface area contributed by atoms with Crippen LogP contribution in [0.15, 0.2) is 75.9 Å². The second kappa shape index (κ2) is 11.2. The van der Waals surface area contributed by atoms with Gasteiger partial charge in [0.25, 0.3) is 5.78 Å². The summed E-state index contributed by atoms with van der Waals surface area (Å²) >= 11 is 0. The van der Waals surface area contributed by atoms with Gasteiger partial charge in [0.1, 0.15) is 11.1 Å². The average molecular weight is 523 g/mol. The molecule has 3 aromatic carbocycles. The molecular weight excluding hydrogens is 492 g/mol. The molecule has 0 fully saturated rings. The van der Waals surface area contributed by atoms with Crippen molar-refractivity contribution in [2.45, 2.75) is 46.0 Å². The lowest BCUT2D eigenvalue weighted by Crippen LogP contribution is -2.21. The number of unbranched alkanes of at least 4 members (excludes halogenated alkanes) is 1. The van der Waals surface area contributed by atoms with Crippen LogP contribution in [0, 0.1) is 5.92 Å². The van der Waals surface area contributed by atoms with E-state index in [1.54, 1.807) is 48.5 Å². The molecule has 198 valence electrons. The molecule has 0 spiro atoms. The van der Waals surface area contributed by atoms with E-state index in [1.807, 2.05) is 18.2 Å². The number of rotatable bonds is 10. The summed E-state index contributed by atoms with van der Waals surface area (Å²) in [5, 5.41) is 0.677. The predicted molar refractivity (Wildman–Crippen MR) is 149 cm³/mol. The Morgan fingerprint density at radius 3 is 2.31 bits per heavy atom. The second-order valence-electron chi connectivity index (χ2n) is 10.1. The van der Waals surface area contributed by atoms with Gasteiger partial charge in [-0.05, 0) is 65.3 Å². The van der Waals surface area contributed by atoms with Crippen molar-refractivity contribution in [1.29, 1.82) is 0 Å². The van der Waals surface area contributed by atoms with Crippen molar-refractivity contribution in [2.75, 3.05) is 6.61 Å². The Balaban J connectivity index is 1.32. The minimum atomic E-state index is -0.831. The molecule has 39 heavy (non-hydrogen) atoms. The first-order valence-corrected chi connectivity index (χ1v) is 13.4. The topological polar surface area (TPSA) is 90.7 Å². The summed E-state index contributed by atoms with van der Waals surface area (Å²) in [5.41, 5.74) is 4.13. The number of ether oxygens (including phenoxy) is 1. The first kappa shape index (κ1) is 26.3. The molecule has 0 N–H and O–H groups in total. The Bertz CT molecular complexity index is 1640. The van der Waals surface area contributed by atoms with Crippen molar-refractivity contribution in [2.24, 2.45) is 5.92 Å². The van der Waals surface area contributed by atoms with Gasteiger partial charge < -0.3 is 9.15 Å². The summed E-state index contributed by atoms with van der Waals surface area (Å²) in [6, 6.07) is 19.2. The normalized spacial score (nSPS) is 12.6. The zero-order valence-electron chi connectivity index (χ0n) is 22.1. The number of para-hydroxylation sites is 1. The van der Waals surface area contributed by atoms with Gasteiger partial charge in [-0.15, -0.1) is 0 Å². The molecule has 6 heteroatoms. The maximum Gasteiger partial charge on any atom is 0.379 e. The van der Waals surface area contributed by atoms with Crippen molar-refractivity contribution in [3.8, 4) is 11.1 Å². The minimum Gasteiger partial charge on any atom is -0.459 e. The van der Waals surface area contributed by atoms with Crippen molar-refractivity contribution >= 4 is 28.5 Å². The monoisotopic (exact) mass is 522 g/mol. The molecule has 1 aromatic heterocycles. The molecule has 0 bridgehead atoms. The molecule has 0 saturated carbocycles. The molecule has 4 aromatic rings. The molecular formula is C33H30O6. The standard InChI is InChI=1S/C33H30O6/c1-3-5-8-20(4-2)19-38-33(37)31(35)23-12-14-27-25(16-23)17-24-15-22(11-13-26(24)27)30(34)28-18-21-9-6-7-10-29(21)39-32(28)36/h6-7,9-16,18,20H,3-5,8,17,19H2,1-2H3. The van der Waals surface area contributed by atoms with Gasteiger partial charge in [0, 0.05) is 16.5 Å². The SMILES string of the molecule is CCCCC(CC)COC(=O)C(=O)c1ccc2c(c1)Cc1cc(C(=O)c3cc4ccccc4oc3=O)ccc1-2. The van der Waals surface area contributed by atoms with Crippen LogP contribution < -0.4 is 5.63 Å². The Morgan fingerprint density at radius 2 is 1.59 bits per heavy atom. The van der Waals surface area contributed by atoms with Gasteiger partial charge in [0.15, 0.2) is 5.78 Å². The first-order valence-electron chi connectivity index (χ1n) is 13.4. The van der Waals surface area contributed by atoms with Crippen LogP contribution in [0.2, 0.25) is 0 Å². The molecule has 0 saturated heterocycles. The lowest BCUT2D eigenvalue weighted by atomic mass is 9.98. The van der Waals surface area contributed by atoms with Crippen LogP contribution in [0.25, 0.3) is 22.1 Å². The summed E-state index contributed by atoms with van der Waals surface area (Å²) in [7, 11) is 0. The number of carbonyl (C=O) groups excluding carboxylic acids is 3. The van der Waals surface area contributed by atoms with Crippen LogP contribution in [0.1, 0.15) is 76.9 Å². The fourth-order valence-electron chi connectivity index (χ4n) is 5.14. The van der Waals surface area contributed by atoms with Crippen molar-refractivity contribution in [1.82, 2.24) is 0 Å². The highest BCUT2D eigenvalue weighted by Gasteiger charge is 2.25. The molecule has 5 rings (SSSR count). The van der Waals surface area contributed by atoms with Crippen molar-refractivity contribution in [3.05, 3.63) is 105 Å². The zero-order valence-corrected chi connectivity index (χ0v) is 22.1. The summed E-state index contributed by atoms with van der Waals surface area (Å²) in [5.74, 6) is -1.63. The van der Waals surface area contributed by atoms with Gasteiger partial charge >= 0.3 is 11.6 Å². The molecule has 0 amide bonds. The van der Waals surface area contributed by atoms with Crippen molar-refractivity contribution in [3.63, 3.8) is 0 Å². The molecule has 1 heterocycles. The molecule has 1 atom stereocenters.